The lowest BCUT2D eigenvalue weighted by atomic mass is 10.1. The van der Waals surface area contributed by atoms with E-state index < -0.39 is 0 Å². The first-order valence-electron chi connectivity index (χ1n) is 5.57. The van der Waals surface area contributed by atoms with Crippen LogP contribution in [0.1, 0.15) is 11.1 Å². The van der Waals surface area contributed by atoms with Gasteiger partial charge in [0.05, 0.1) is 19.6 Å². The van der Waals surface area contributed by atoms with Gasteiger partial charge in [0.25, 0.3) is 0 Å². The Balaban J connectivity index is 2.14. The number of imide groups is 1. The van der Waals surface area contributed by atoms with Crippen LogP contribution in [0, 0.1) is 11.8 Å². The van der Waals surface area contributed by atoms with Crippen molar-refractivity contribution in [2.24, 2.45) is 5.73 Å². The van der Waals surface area contributed by atoms with E-state index in [4.69, 9.17) is 5.73 Å². The molecule has 1 fully saturated rings. The van der Waals surface area contributed by atoms with E-state index in [-0.39, 0.29) is 25.0 Å². The Morgan fingerprint density at radius 2 is 2.22 bits per heavy atom. The standard InChI is InChI=1S/C13H13N3O2/c14-6-2-5-10-3-1-4-11(7-10)9-16-12(17)8-15-13(16)18/h1,3-4,7H,6,8-9,14H2,(H,15,18). The second-order valence-corrected chi connectivity index (χ2v) is 3.84. The normalized spacial score (nSPS) is 14.2. The zero-order valence-corrected chi connectivity index (χ0v) is 9.77. The lowest BCUT2D eigenvalue weighted by molar-refractivity contribution is -0.125. The number of carbonyl (C=O) groups excluding carboxylic acids is 2. The maximum absolute atomic E-state index is 11.4. The van der Waals surface area contributed by atoms with Gasteiger partial charge >= 0.3 is 6.03 Å². The highest BCUT2D eigenvalue weighted by Gasteiger charge is 2.28. The lowest BCUT2D eigenvalue weighted by Crippen LogP contribution is -2.30. The van der Waals surface area contributed by atoms with E-state index in [2.05, 4.69) is 17.2 Å². The number of benzene rings is 1. The zero-order chi connectivity index (χ0) is 13.0. The molecule has 2 rings (SSSR count). The Bertz CT molecular complexity index is 527. The number of urea groups is 1. The third kappa shape index (κ3) is 2.67. The molecule has 1 aromatic carbocycles. The molecule has 1 saturated heterocycles. The molecule has 0 radical (unpaired) electrons. The third-order valence-corrected chi connectivity index (χ3v) is 2.54. The Morgan fingerprint density at radius 3 is 2.89 bits per heavy atom. The third-order valence-electron chi connectivity index (χ3n) is 2.54. The maximum Gasteiger partial charge on any atom is 0.324 e. The fourth-order valence-electron chi connectivity index (χ4n) is 1.70. The number of nitrogens with two attached hydrogens (primary N) is 1. The van der Waals surface area contributed by atoms with Crippen molar-refractivity contribution in [2.45, 2.75) is 6.54 Å². The summed E-state index contributed by atoms with van der Waals surface area (Å²) in [6.07, 6.45) is 0. The number of nitrogens with zero attached hydrogens (tertiary/aromatic N) is 1. The molecule has 1 aliphatic rings. The van der Waals surface area contributed by atoms with Crippen molar-refractivity contribution in [3.63, 3.8) is 0 Å². The molecule has 92 valence electrons. The van der Waals surface area contributed by atoms with Crippen LogP contribution >= 0.6 is 0 Å². The van der Waals surface area contributed by atoms with Gasteiger partial charge in [0.1, 0.15) is 0 Å². The Hall–Kier alpha value is -2.32. The fraction of sp³-hybridized carbons (Fsp3) is 0.231. The summed E-state index contributed by atoms with van der Waals surface area (Å²) in [6, 6.07) is 7.05. The molecule has 1 aromatic rings. The molecule has 5 heteroatoms. The molecule has 3 amide bonds. The van der Waals surface area contributed by atoms with Crippen molar-refractivity contribution >= 4 is 11.9 Å². The number of hydrogen-bond acceptors (Lipinski definition) is 3. The molecule has 0 spiro atoms. The van der Waals surface area contributed by atoms with Crippen LogP contribution in [0.15, 0.2) is 24.3 Å². The second-order valence-electron chi connectivity index (χ2n) is 3.84. The quantitative estimate of drug-likeness (QED) is 0.569. The van der Waals surface area contributed by atoms with Crippen molar-refractivity contribution in [1.29, 1.82) is 0 Å². The van der Waals surface area contributed by atoms with Gasteiger partial charge < -0.3 is 11.1 Å². The lowest BCUT2D eigenvalue weighted by Gasteiger charge is -2.12. The Morgan fingerprint density at radius 1 is 1.39 bits per heavy atom. The van der Waals surface area contributed by atoms with Gasteiger partial charge in [0.15, 0.2) is 0 Å². The first kappa shape index (κ1) is 12.1. The first-order chi connectivity index (χ1) is 8.70. The average Bonchev–Trinajstić information content (AvgIpc) is 2.69. The molecule has 0 bridgehead atoms. The molecule has 1 heterocycles. The number of nitrogens with one attached hydrogen (secondary N) is 1. The fourth-order valence-corrected chi connectivity index (χ4v) is 1.70. The summed E-state index contributed by atoms with van der Waals surface area (Å²) in [5, 5.41) is 2.48. The molecule has 1 aliphatic heterocycles. The highest BCUT2D eigenvalue weighted by atomic mass is 16.2. The van der Waals surface area contributed by atoms with Crippen LogP contribution < -0.4 is 11.1 Å². The topological polar surface area (TPSA) is 75.4 Å². The van der Waals surface area contributed by atoms with E-state index in [1.54, 1.807) is 0 Å². The minimum atomic E-state index is -0.349. The smallest absolute Gasteiger partial charge is 0.324 e. The van der Waals surface area contributed by atoms with Crippen LogP contribution in [0.25, 0.3) is 0 Å². The minimum absolute atomic E-state index is 0.0749. The van der Waals surface area contributed by atoms with E-state index >= 15 is 0 Å². The van der Waals surface area contributed by atoms with Crippen LogP contribution in [0.4, 0.5) is 4.79 Å². The van der Waals surface area contributed by atoms with Crippen LogP contribution in [-0.2, 0) is 11.3 Å². The number of carbonyl (C=O) groups is 2. The van der Waals surface area contributed by atoms with Crippen molar-refractivity contribution in [3.8, 4) is 11.8 Å². The second kappa shape index (κ2) is 5.34. The van der Waals surface area contributed by atoms with Gasteiger partial charge in [-0.25, -0.2) is 4.79 Å². The predicted octanol–water partition coefficient (Wildman–Crippen LogP) is 0.0486. The number of amides is 3. The predicted molar refractivity (Wildman–Crippen MR) is 66.3 cm³/mol. The molecule has 5 nitrogen and oxygen atoms in total. The van der Waals surface area contributed by atoms with Crippen molar-refractivity contribution in [1.82, 2.24) is 10.2 Å². The molecule has 0 aromatic heterocycles. The highest BCUT2D eigenvalue weighted by Crippen LogP contribution is 2.10. The van der Waals surface area contributed by atoms with Crippen molar-refractivity contribution in [2.75, 3.05) is 13.1 Å². The van der Waals surface area contributed by atoms with Gasteiger partial charge in [-0.15, -0.1) is 0 Å². The van der Waals surface area contributed by atoms with E-state index in [0.29, 0.717) is 6.54 Å². The van der Waals surface area contributed by atoms with Crippen LogP contribution in [0.2, 0.25) is 0 Å². The van der Waals surface area contributed by atoms with E-state index in [1.165, 1.54) is 4.90 Å². The highest BCUT2D eigenvalue weighted by molar-refractivity contribution is 6.01. The van der Waals surface area contributed by atoms with Gasteiger partial charge in [0, 0.05) is 5.56 Å². The summed E-state index contributed by atoms with van der Waals surface area (Å²) in [6.45, 7) is 0.644. The maximum atomic E-state index is 11.4. The van der Waals surface area contributed by atoms with Gasteiger partial charge in [0.2, 0.25) is 5.91 Å². The van der Waals surface area contributed by atoms with E-state index in [9.17, 15) is 9.59 Å². The van der Waals surface area contributed by atoms with E-state index in [0.717, 1.165) is 11.1 Å². The number of rotatable bonds is 2. The van der Waals surface area contributed by atoms with Crippen LogP contribution in [0.3, 0.4) is 0 Å². The van der Waals surface area contributed by atoms with Gasteiger partial charge in [-0.1, -0.05) is 24.0 Å². The Labute approximate surface area is 105 Å². The van der Waals surface area contributed by atoms with Gasteiger partial charge in [-0.05, 0) is 17.7 Å². The Kier molecular flexibility index (Phi) is 3.60. The molecule has 0 unspecified atom stereocenters. The van der Waals surface area contributed by atoms with Gasteiger partial charge in [-0.3, -0.25) is 9.69 Å². The summed E-state index contributed by atoms with van der Waals surface area (Å²) in [7, 11) is 0. The largest absolute Gasteiger partial charge is 0.329 e. The summed E-state index contributed by atoms with van der Waals surface area (Å²) in [5.74, 6) is 5.46. The van der Waals surface area contributed by atoms with Crippen LogP contribution in [-0.4, -0.2) is 29.9 Å². The van der Waals surface area contributed by atoms with Crippen LogP contribution in [0.5, 0.6) is 0 Å². The monoisotopic (exact) mass is 243 g/mol. The summed E-state index contributed by atoms with van der Waals surface area (Å²) in [5.41, 5.74) is 6.99. The summed E-state index contributed by atoms with van der Waals surface area (Å²) in [4.78, 5) is 24.0. The summed E-state index contributed by atoms with van der Waals surface area (Å²) < 4.78 is 0. The molecule has 0 saturated carbocycles. The SMILES string of the molecule is NCC#Cc1cccc(CN2C(=O)CNC2=O)c1. The van der Waals surface area contributed by atoms with E-state index in [1.807, 2.05) is 24.3 Å². The zero-order valence-electron chi connectivity index (χ0n) is 9.77. The minimum Gasteiger partial charge on any atom is -0.329 e. The molecule has 0 aliphatic carbocycles. The molecule has 0 atom stereocenters. The first-order valence-corrected chi connectivity index (χ1v) is 5.57. The van der Waals surface area contributed by atoms with Crippen molar-refractivity contribution < 1.29 is 9.59 Å². The number of hydrogen-bond donors (Lipinski definition) is 2. The molecular formula is C13H13N3O2. The average molecular weight is 243 g/mol. The molecule has 18 heavy (non-hydrogen) atoms. The molecular weight excluding hydrogens is 230 g/mol. The van der Waals surface area contributed by atoms with Crippen molar-refractivity contribution in [3.05, 3.63) is 35.4 Å². The summed E-state index contributed by atoms with van der Waals surface area (Å²) >= 11 is 0. The van der Waals surface area contributed by atoms with Gasteiger partial charge in [-0.2, -0.15) is 0 Å². The molecule has 3 N–H and O–H groups in total.